The smallest absolute Gasteiger partial charge is 0.276 e. The quantitative estimate of drug-likeness (QED) is 0.911. The Morgan fingerprint density at radius 2 is 2.16 bits per heavy atom. The highest BCUT2D eigenvalue weighted by Crippen LogP contribution is 2.21. The number of hydrogen-bond donors (Lipinski definition) is 2. The van der Waals surface area contributed by atoms with Crippen LogP contribution >= 0.6 is 15.9 Å². The molecule has 1 heterocycles. The SMILES string of the molecule is CCc1cc(Br)ccc1NC(=O)c1ccc(=O)[nH]n1. The fourth-order valence-electron chi connectivity index (χ4n) is 1.63. The van der Waals surface area contributed by atoms with E-state index in [9.17, 15) is 9.59 Å². The standard InChI is InChI=1S/C13H12BrN3O2/c1-2-8-7-9(14)3-4-10(8)15-13(19)11-5-6-12(18)17-16-11/h3-7H,2H2,1H3,(H,15,19)(H,17,18). The van der Waals surface area contributed by atoms with Crippen LogP contribution in [0.5, 0.6) is 0 Å². The van der Waals surface area contributed by atoms with E-state index in [2.05, 4.69) is 31.4 Å². The molecule has 1 aromatic heterocycles. The van der Waals surface area contributed by atoms with Gasteiger partial charge in [-0.25, -0.2) is 5.10 Å². The second-order valence-electron chi connectivity index (χ2n) is 3.92. The Morgan fingerprint density at radius 1 is 1.37 bits per heavy atom. The minimum Gasteiger partial charge on any atom is -0.320 e. The van der Waals surface area contributed by atoms with Crippen LogP contribution < -0.4 is 10.9 Å². The number of nitrogens with zero attached hydrogens (tertiary/aromatic N) is 1. The van der Waals surface area contributed by atoms with Crippen LogP contribution in [0.15, 0.2) is 39.6 Å². The van der Waals surface area contributed by atoms with Gasteiger partial charge in [0, 0.05) is 16.2 Å². The van der Waals surface area contributed by atoms with Crippen LogP contribution in [0.25, 0.3) is 0 Å². The van der Waals surface area contributed by atoms with Gasteiger partial charge in [-0.3, -0.25) is 9.59 Å². The zero-order valence-electron chi connectivity index (χ0n) is 10.2. The molecule has 0 aliphatic heterocycles. The van der Waals surface area contributed by atoms with Crippen molar-refractivity contribution in [3.63, 3.8) is 0 Å². The highest BCUT2D eigenvalue weighted by atomic mass is 79.9. The minimum absolute atomic E-state index is 0.171. The Labute approximate surface area is 118 Å². The van der Waals surface area contributed by atoms with Crippen molar-refractivity contribution in [2.45, 2.75) is 13.3 Å². The van der Waals surface area contributed by atoms with Gasteiger partial charge in [-0.15, -0.1) is 0 Å². The maximum Gasteiger partial charge on any atom is 0.276 e. The molecular weight excluding hydrogens is 310 g/mol. The van der Waals surface area contributed by atoms with E-state index in [0.717, 1.165) is 22.1 Å². The van der Waals surface area contributed by atoms with Crippen LogP contribution in [0.1, 0.15) is 23.0 Å². The number of aromatic amines is 1. The first-order valence-corrected chi connectivity index (χ1v) is 6.55. The summed E-state index contributed by atoms with van der Waals surface area (Å²) in [5.74, 6) is -0.353. The number of halogens is 1. The summed E-state index contributed by atoms with van der Waals surface area (Å²) in [6.07, 6.45) is 0.800. The normalized spacial score (nSPS) is 10.2. The van der Waals surface area contributed by atoms with Crippen LogP contribution in [-0.4, -0.2) is 16.1 Å². The van der Waals surface area contributed by atoms with Gasteiger partial charge in [0.05, 0.1) is 0 Å². The molecular formula is C13H12BrN3O2. The van der Waals surface area contributed by atoms with Crippen molar-refractivity contribution in [2.24, 2.45) is 0 Å². The fraction of sp³-hybridized carbons (Fsp3) is 0.154. The summed E-state index contributed by atoms with van der Waals surface area (Å²) in [6, 6.07) is 8.29. The fourth-order valence-corrected chi connectivity index (χ4v) is 2.04. The molecule has 1 aromatic carbocycles. The van der Waals surface area contributed by atoms with Crippen molar-refractivity contribution in [1.82, 2.24) is 10.2 Å². The van der Waals surface area contributed by atoms with Crippen LogP contribution in [0.2, 0.25) is 0 Å². The summed E-state index contributed by atoms with van der Waals surface area (Å²) >= 11 is 3.39. The molecule has 0 bridgehead atoms. The zero-order chi connectivity index (χ0) is 13.8. The van der Waals surface area contributed by atoms with Gasteiger partial charge >= 0.3 is 0 Å². The number of carbonyl (C=O) groups is 1. The van der Waals surface area contributed by atoms with Gasteiger partial charge in [-0.2, -0.15) is 5.10 Å². The number of hydrogen-bond acceptors (Lipinski definition) is 3. The minimum atomic E-state index is -0.353. The van der Waals surface area contributed by atoms with Gasteiger partial charge in [0.2, 0.25) is 0 Å². The van der Waals surface area contributed by atoms with Gasteiger partial charge in [0.25, 0.3) is 11.5 Å². The molecule has 5 nitrogen and oxygen atoms in total. The molecule has 0 saturated carbocycles. The second kappa shape index (κ2) is 5.79. The first-order valence-electron chi connectivity index (χ1n) is 5.75. The molecule has 0 saturated heterocycles. The third-order valence-electron chi connectivity index (χ3n) is 2.61. The van der Waals surface area contributed by atoms with Crippen molar-refractivity contribution >= 4 is 27.5 Å². The predicted molar refractivity (Wildman–Crippen MR) is 76.3 cm³/mol. The van der Waals surface area contributed by atoms with Gasteiger partial charge in [-0.1, -0.05) is 22.9 Å². The maximum atomic E-state index is 12.0. The molecule has 0 aliphatic rings. The molecule has 2 rings (SSSR count). The molecule has 0 spiro atoms. The largest absolute Gasteiger partial charge is 0.320 e. The van der Waals surface area contributed by atoms with E-state index in [4.69, 9.17) is 0 Å². The Kier molecular flexibility index (Phi) is 4.11. The summed E-state index contributed by atoms with van der Waals surface area (Å²) in [6.45, 7) is 2.01. The third kappa shape index (κ3) is 3.29. The summed E-state index contributed by atoms with van der Waals surface area (Å²) in [4.78, 5) is 22.9. The highest BCUT2D eigenvalue weighted by Gasteiger charge is 2.10. The molecule has 2 aromatic rings. The molecule has 19 heavy (non-hydrogen) atoms. The van der Waals surface area contributed by atoms with Crippen molar-refractivity contribution in [3.05, 3.63) is 56.4 Å². The summed E-state index contributed by atoms with van der Waals surface area (Å²) in [7, 11) is 0. The zero-order valence-corrected chi connectivity index (χ0v) is 11.8. The molecule has 0 fully saturated rings. The lowest BCUT2D eigenvalue weighted by molar-refractivity contribution is 0.102. The molecule has 6 heteroatoms. The number of amides is 1. The lowest BCUT2D eigenvalue weighted by Crippen LogP contribution is -2.18. The lowest BCUT2D eigenvalue weighted by atomic mass is 10.1. The number of carbonyl (C=O) groups excluding carboxylic acids is 1. The number of aromatic nitrogens is 2. The summed E-state index contributed by atoms with van der Waals surface area (Å²) < 4.78 is 0.963. The molecule has 2 N–H and O–H groups in total. The molecule has 98 valence electrons. The van der Waals surface area contributed by atoms with Gasteiger partial charge in [0.15, 0.2) is 0 Å². The average Bonchev–Trinajstić information content (AvgIpc) is 2.41. The first-order chi connectivity index (χ1) is 9.10. The Morgan fingerprint density at radius 3 is 2.79 bits per heavy atom. The lowest BCUT2D eigenvalue weighted by Gasteiger charge is -2.09. The van der Waals surface area contributed by atoms with E-state index >= 15 is 0 Å². The van der Waals surface area contributed by atoms with E-state index in [1.54, 1.807) is 0 Å². The second-order valence-corrected chi connectivity index (χ2v) is 4.83. The molecule has 0 atom stereocenters. The van der Waals surface area contributed by atoms with E-state index in [1.807, 2.05) is 25.1 Å². The van der Waals surface area contributed by atoms with Crippen molar-refractivity contribution in [1.29, 1.82) is 0 Å². The van der Waals surface area contributed by atoms with E-state index in [1.165, 1.54) is 12.1 Å². The topological polar surface area (TPSA) is 74.8 Å². The number of H-pyrrole nitrogens is 1. The third-order valence-corrected chi connectivity index (χ3v) is 3.10. The summed E-state index contributed by atoms with van der Waals surface area (Å²) in [5, 5.41) is 8.70. The van der Waals surface area contributed by atoms with Crippen molar-refractivity contribution in [2.75, 3.05) is 5.32 Å². The first kappa shape index (κ1) is 13.5. The number of nitrogens with one attached hydrogen (secondary N) is 2. The summed E-state index contributed by atoms with van der Waals surface area (Å²) in [5.41, 5.74) is 1.59. The van der Waals surface area contributed by atoms with Crippen LogP contribution in [0, 0.1) is 0 Å². The van der Waals surface area contributed by atoms with Gasteiger partial charge in [-0.05, 0) is 36.2 Å². The van der Waals surface area contributed by atoms with Crippen LogP contribution in [0.3, 0.4) is 0 Å². The predicted octanol–water partition coefficient (Wildman–Crippen LogP) is 2.35. The van der Waals surface area contributed by atoms with E-state index in [-0.39, 0.29) is 17.2 Å². The van der Waals surface area contributed by atoms with Gasteiger partial charge in [0.1, 0.15) is 5.69 Å². The number of anilines is 1. The molecule has 0 aliphatic carbocycles. The molecule has 0 unspecified atom stereocenters. The highest BCUT2D eigenvalue weighted by molar-refractivity contribution is 9.10. The van der Waals surface area contributed by atoms with Gasteiger partial charge < -0.3 is 5.32 Å². The average molecular weight is 322 g/mol. The van der Waals surface area contributed by atoms with Crippen LogP contribution in [0.4, 0.5) is 5.69 Å². The number of aryl methyl sites for hydroxylation is 1. The van der Waals surface area contributed by atoms with Crippen LogP contribution in [-0.2, 0) is 6.42 Å². The Bertz CT molecular complexity index is 647. The number of rotatable bonds is 3. The Hall–Kier alpha value is -1.95. The molecule has 1 amide bonds. The maximum absolute atomic E-state index is 12.0. The Balaban J connectivity index is 2.23. The van der Waals surface area contributed by atoms with Crippen molar-refractivity contribution in [3.8, 4) is 0 Å². The van der Waals surface area contributed by atoms with E-state index < -0.39 is 0 Å². The monoisotopic (exact) mass is 321 g/mol. The molecule has 0 radical (unpaired) electrons. The van der Waals surface area contributed by atoms with E-state index in [0.29, 0.717) is 0 Å². The van der Waals surface area contributed by atoms with Crippen molar-refractivity contribution < 1.29 is 4.79 Å². The number of benzene rings is 1.